The lowest BCUT2D eigenvalue weighted by molar-refractivity contribution is 0.402. The molecule has 0 saturated carbocycles. The first-order valence-corrected chi connectivity index (χ1v) is 9.54. The largest absolute Gasteiger partial charge is 0.472 e. The van der Waals surface area contributed by atoms with Gasteiger partial charge in [0.1, 0.15) is 0 Å². The molecule has 0 aliphatic carbocycles. The second kappa shape index (κ2) is 6.88. The van der Waals surface area contributed by atoms with Gasteiger partial charge in [-0.2, -0.15) is 4.31 Å². The minimum absolute atomic E-state index is 0.224. The summed E-state index contributed by atoms with van der Waals surface area (Å²) in [5, 5.41) is 2.43. The highest BCUT2D eigenvalue weighted by atomic mass is 35.5. The molecule has 23 heavy (non-hydrogen) atoms. The molecule has 0 bridgehead atoms. The summed E-state index contributed by atoms with van der Waals surface area (Å²) in [6, 6.07) is 11.8. The zero-order valence-electron chi connectivity index (χ0n) is 12.1. The highest BCUT2D eigenvalue weighted by Gasteiger charge is 2.25. The van der Waals surface area contributed by atoms with Crippen molar-refractivity contribution in [1.82, 2.24) is 4.31 Å². The molecule has 0 spiro atoms. The van der Waals surface area contributed by atoms with Crippen LogP contribution in [0.25, 0.3) is 0 Å². The minimum atomic E-state index is -3.63. The van der Waals surface area contributed by atoms with E-state index in [0.717, 1.165) is 10.4 Å². The zero-order chi connectivity index (χ0) is 16.3. The average molecular weight is 368 g/mol. The smallest absolute Gasteiger partial charge is 0.243 e. The number of halogens is 1. The normalized spacial score (nSPS) is 11.9. The van der Waals surface area contributed by atoms with Crippen LogP contribution in [0.1, 0.15) is 10.4 Å². The van der Waals surface area contributed by atoms with E-state index in [-0.39, 0.29) is 11.4 Å². The van der Waals surface area contributed by atoms with Crippen LogP contribution >= 0.6 is 22.9 Å². The molecule has 0 aliphatic heterocycles. The summed E-state index contributed by atoms with van der Waals surface area (Å²) in [4.78, 5) is 1.20. The number of thiophene rings is 1. The molecule has 120 valence electrons. The maximum absolute atomic E-state index is 13.0. The third-order valence-corrected chi connectivity index (χ3v) is 6.22. The van der Waals surface area contributed by atoms with E-state index in [1.165, 1.54) is 34.0 Å². The number of rotatable bonds is 6. The number of sulfonamides is 1. The highest BCUT2D eigenvalue weighted by molar-refractivity contribution is 7.89. The van der Waals surface area contributed by atoms with Crippen molar-refractivity contribution in [2.45, 2.75) is 18.0 Å². The fourth-order valence-corrected chi connectivity index (χ4v) is 4.48. The van der Waals surface area contributed by atoms with Crippen molar-refractivity contribution >= 4 is 33.0 Å². The Hall–Kier alpha value is -1.60. The van der Waals surface area contributed by atoms with Crippen molar-refractivity contribution in [1.29, 1.82) is 0 Å². The van der Waals surface area contributed by atoms with Crippen LogP contribution in [0.2, 0.25) is 5.02 Å². The maximum atomic E-state index is 13.0. The Morgan fingerprint density at radius 1 is 1.09 bits per heavy atom. The molecule has 7 heteroatoms. The van der Waals surface area contributed by atoms with Crippen molar-refractivity contribution in [2.24, 2.45) is 0 Å². The molecule has 0 radical (unpaired) electrons. The van der Waals surface area contributed by atoms with Crippen LogP contribution in [-0.4, -0.2) is 12.7 Å². The summed E-state index contributed by atoms with van der Waals surface area (Å²) in [6.45, 7) is 0.563. The van der Waals surface area contributed by atoms with Gasteiger partial charge in [-0.1, -0.05) is 17.7 Å². The summed E-state index contributed by atoms with van der Waals surface area (Å²) in [5.41, 5.74) is 0.805. The third kappa shape index (κ3) is 3.84. The summed E-state index contributed by atoms with van der Waals surface area (Å²) >= 11 is 7.38. The maximum Gasteiger partial charge on any atom is 0.243 e. The van der Waals surface area contributed by atoms with Gasteiger partial charge in [-0.05, 0) is 41.8 Å². The number of hydrogen-bond acceptors (Lipinski definition) is 4. The van der Waals surface area contributed by atoms with Crippen molar-refractivity contribution in [2.75, 3.05) is 0 Å². The summed E-state index contributed by atoms with van der Waals surface area (Å²) in [7, 11) is -3.63. The Labute approximate surface area is 144 Å². The molecule has 0 aliphatic rings. The Morgan fingerprint density at radius 3 is 2.48 bits per heavy atom. The van der Waals surface area contributed by atoms with Crippen LogP contribution in [0, 0.1) is 0 Å². The Balaban J connectivity index is 1.93. The molecule has 3 aromatic rings. The molecule has 3 rings (SSSR count). The van der Waals surface area contributed by atoms with Crippen molar-refractivity contribution in [3.8, 4) is 0 Å². The van der Waals surface area contributed by atoms with Gasteiger partial charge in [-0.15, -0.1) is 11.3 Å². The molecule has 2 aromatic heterocycles. The lowest BCUT2D eigenvalue weighted by Crippen LogP contribution is -2.29. The topological polar surface area (TPSA) is 50.5 Å². The second-order valence-corrected chi connectivity index (χ2v) is 8.34. The van der Waals surface area contributed by atoms with Crippen LogP contribution in [0.3, 0.4) is 0 Å². The summed E-state index contributed by atoms with van der Waals surface area (Å²) in [5.74, 6) is 0. The van der Waals surface area contributed by atoms with Crippen LogP contribution < -0.4 is 0 Å². The van der Waals surface area contributed by atoms with Gasteiger partial charge in [0.15, 0.2) is 0 Å². The molecule has 0 atom stereocenters. The average Bonchev–Trinajstić information content (AvgIpc) is 3.20. The van der Waals surface area contributed by atoms with E-state index >= 15 is 0 Å². The first kappa shape index (κ1) is 16.3. The molecule has 0 amide bonds. The van der Waals surface area contributed by atoms with Gasteiger partial charge in [0.25, 0.3) is 0 Å². The number of furan rings is 1. The SMILES string of the molecule is O=S(=O)(c1ccc(Cl)cc1)N(Cc1ccoc1)Cc1cccs1. The summed E-state index contributed by atoms with van der Waals surface area (Å²) in [6.07, 6.45) is 3.09. The molecular weight excluding hydrogens is 354 g/mol. The van der Waals surface area contributed by atoms with Crippen LogP contribution in [0.5, 0.6) is 0 Å². The second-order valence-electron chi connectivity index (χ2n) is 4.94. The number of hydrogen-bond donors (Lipinski definition) is 0. The molecule has 0 saturated heterocycles. The first-order chi connectivity index (χ1) is 11.1. The molecule has 4 nitrogen and oxygen atoms in total. The fourth-order valence-electron chi connectivity index (χ4n) is 2.14. The van der Waals surface area contributed by atoms with E-state index in [1.54, 1.807) is 24.5 Å². The first-order valence-electron chi connectivity index (χ1n) is 6.85. The van der Waals surface area contributed by atoms with Gasteiger partial charge in [-0.3, -0.25) is 0 Å². The number of benzene rings is 1. The van der Waals surface area contributed by atoms with Crippen molar-refractivity contribution in [3.63, 3.8) is 0 Å². The fraction of sp³-hybridized carbons (Fsp3) is 0.125. The van der Waals surface area contributed by atoms with Crippen LogP contribution in [0.15, 0.2) is 69.7 Å². The quantitative estimate of drug-likeness (QED) is 0.649. The van der Waals surface area contributed by atoms with Gasteiger partial charge in [0.2, 0.25) is 10.0 Å². The monoisotopic (exact) mass is 367 g/mol. The Morgan fingerprint density at radius 2 is 1.87 bits per heavy atom. The molecule has 1 aromatic carbocycles. The van der Waals surface area contributed by atoms with E-state index < -0.39 is 10.0 Å². The van der Waals surface area contributed by atoms with Gasteiger partial charge in [-0.25, -0.2) is 8.42 Å². The van der Waals surface area contributed by atoms with Gasteiger partial charge < -0.3 is 4.42 Å². The van der Waals surface area contributed by atoms with Gasteiger partial charge in [0, 0.05) is 28.6 Å². The molecule has 0 unspecified atom stereocenters. The van der Waals surface area contributed by atoms with Crippen LogP contribution in [0.4, 0.5) is 0 Å². The van der Waals surface area contributed by atoms with Crippen molar-refractivity contribution in [3.05, 3.63) is 75.8 Å². The van der Waals surface area contributed by atoms with E-state index in [0.29, 0.717) is 11.6 Å². The Bertz CT molecular complexity index is 805. The number of nitrogens with zero attached hydrogens (tertiary/aromatic N) is 1. The highest BCUT2D eigenvalue weighted by Crippen LogP contribution is 2.24. The summed E-state index contributed by atoms with van der Waals surface area (Å²) < 4.78 is 32.4. The molecule has 0 N–H and O–H groups in total. The predicted molar refractivity (Wildman–Crippen MR) is 90.9 cm³/mol. The van der Waals surface area contributed by atoms with E-state index in [1.807, 2.05) is 17.5 Å². The molecular formula is C16H14ClNO3S2. The third-order valence-electron chi connectivity index (χ3n) is 3.30. The lowest BCUT2D eigenvalue weighted by Gasteiger charge is -2.21. The Kier molecular flexibility index (Phi) is 4.87. The minimum Gasteiger partial charge on any atom is -0.472 e. The zero-order valence-corrected chi connectivity index (χ0v) is 14.4. The lowest BCUT2D eigenvalue weighted by atomic mass is 10.3. The van der Waals surface area contributed by atoms with E-state index in [9.17, 15) is 8.42 Å². The molecule has 0 fully saturated rings. The van der Waals surface area contributed by atoms with Crippen LogP contribution in [-0.2, 0) is 23.1 Å². The van der Waals surface area contributed by atoms with E-state index in [4.69, 9.17) is 16.0 Å². The predicted octanol–water partition coefficient (Wildman–Crippen LogP) is 4.39. The standard InChI is InChI=1S/C16H14ClNO3S2/c17-14-3-5-16(6-4-14)23(19,20)18(10-13-7-8-21-12-13)11-15-2-1-9-22-15/h1-9,12H,10-11H2. The van der Waals surface area contributed by atoms with Crippen molar-refractivity contribution < 1.29 is 12.8 Å². The van der Waals surface area contributed by atoms with Gasteiger partial charge in [0.05, 0.1) is 17.4 Å². The van der Waals surface area contributed by atoms with E-state index in [2.05, 4.69) is 0 Å². The molecule has 2 heterocycles. The van der Waals surface area contributed by atoms with Gasteiger partial charge >= 0.3 is 0 Å².